The number of rotatable bonds is 8. The summed E-state index contributed by atoms with van der Waals surface area (Å²) in [5, 5.41) is 19.0. The smallest absolute Gasteiger partial charge is 0.339 e. The molecule has 0 spiro atoms. The maximum absolute atomic E-state index is 12.8. The number of benzene rings is 1. The Balaban J connectivity index is 2.00. The Morgan fingerprint density at radius 1 is 1.26 bits per heavy atom. The van der Waals surface area contributed by atoms with Crippen molar-refractivity contribution in [3.05, 3.63) is 33.2 Å². The molecule has 1 aliphatic heterocycles. The van der Waals surface area contributed by atoms with Crippen molar-refractivity contribution in [3.8, 4) is 11.5 Å². The van der Waals surface area contributed by atoms with Crippen LogP contribution in [0.5, 0.6) is 11.5 Å². The SMILES string of the molecule is COc1cc2c(c3oc(=O)c(CCC(=O)N(CCO)CCO)c(C)c13)CCC(C)(C)O2. The quantitative estimate of drug-likeness (QED) is 0.613. The highest BCUT2D eigenvalue weighted by Crippen LogP contribution is 2.43. The van der Waals surface area contributed by atoms with E-state index in [1.54, 1.807) is 7.11 Å². The molecular weight excluding hydrogens is 402 g/mol. The van der Waals surface area contributed by atoms with E-state index in [0.29, 0.717) is 28.0 Å². The fourth-order valence-electron chi connectivity index (χ4n) is 4.12. The Hall–Kier alpha value is -2.58. The van der Waals surface area contributed by atoms with Crippen LogP contribution < -0.4 is 15.1 Å². The van der Waals surface area contributed by atoms with E-state index in [-0.39, 0.29) is 50.7 Å². The highest BCUT2D eigenvalue weighted by atomic mass is 16.5. The van der Waals surface area contributed by atoms with Gasteiger partial charge in [-0.25, -0.2) is 4.79 Å². The number of aryl methyl sites for hydroxylation is 2. The summed E-state index contributed by atoms with van der Waals surface area (Å²) < 4.78 is 17.4. The van der Waals surface area contributed by atoms with Crippen molar-refractivity contribution in [3.63, 3.8) is 0 Å². The van der Waals surface area contributed by atoms with E-state index in [1.807, 2.05) is 26.8 Å². The lowest BCUT2D eigenvalue weighted by Crippen LogP contribution is -2.36. The van der Waals surface area contributed by atoms with Crippen LogP contribution in [-0.4, -0.2) is 60.0 Å². The first-order valence-corrected chi connectivity index (χ1v) is 10.6. The van der Waals surface area contributed by atoms with E-state index < -0.39 is 5.63 Å². The first-order valence-electron chi connectivity index (χ1n) is 10.6. The Bertz CT molecular complexity index is 1020. The standard InChI is InChI=1S/C23H31NO7/c1-14-15(5-6-19(27)24(9-11-25)10-12-26)22(28)30-21-16-7-8-23(2,3)31-17(16)13-18(29-4)20(14)21/h13,25-26H,5-12H2,1-4H3. The Morgan fingerprint density at radius 3 is 2.55 bits per heavy atom. The number of fused-ring (bicyclic) bond motifs is 3. The molecule has 31 heavy (non-hydrogen) atoms. The predicted molar refractivity (Wildman–Crippen MR) is 116 cm³/mol. The van der Waals surface area contributed by atoms with Crippen LogP contribution in [0.3, 0.4) is 0 Å². The minimum atomic E-state index is -0.478. The van der Waals surface area contributed by atoms with E-state index in [4.69, 9.17) is 24.1 Å². The summed E-state index contributed by atoms with van der Waals surface area (Å²) in [6.45, 7) is 5.77. The third kappa shape index (κ3) is 4.70. The van der Waals surface area contributed by atoms with Gasteiger partial charge in [0.15, 0.2) is 0 Å². The first kappa shape index (κ1) is 23.1. The van der Waals surface area contributed by atoms with Crippen molar-refractivity contribution < 1.29 is 28.9 Å². The van der Waals surface area contributed by atoms with Gasteiger partial charge in [0.2, 0.25) is 5.91 Å². The average Bonchev–Trinajstić information content (AvgIpc) is 2.71. The zero-order valence-electron chi connectivity index (χ0n) is 18.6. The second kappa shape index (κ2) is 9.28. The van der Waals surface area contributed by atoms with Crippen molar-refractivity contribution in [2.75, 3.05) is 33.4 Å². The van der Waals surface area contributed by atoms with Crippen LogP contribution in [0, 0.1) is 6.92 Å². The maximum atomic E-state index is 12.8. The lowest BCUT2D eigenvalue weighted by Gasteiger charge is -2.33. The van der Waals surface area contributed by atoms with Crippen LogP contribution in [0.2, 0.25) is 0 Å². The van der Waals surface area contributed by atoms with E-state index in [2.05, 4.69) is 0 Å². The molecule has 0 fully saturated rings. The second-order valence-corrected chi connectivity index (χ2v) is 8.44. The minimum absolute atomic E-state index is 0.0711. The van der Waals surface area contributed by atoms with E-state index in [9.17, 15) is 9.59 Å². The molecule has 2 aromatic rings. The normalized spacial score (nSPS) is 14.8. The van der Waals surface area contributed by atoms with Gasteiger partial charge in [-0.3, -0.25) is 4.79 Å². The number of hydrogen-bond acceptors (Lipinski definition) is 7. The molecule has 170 valence electrons. The molecule has 0 aliphatic carbocycles. The topological polar surface area (TPSA) is 109 Å². The van der Waals surface area contributed by atoms with E-state index in [0.717, 1.165) is 24.0 Å². The molecule has 0 atom stereocenters. The van der Waals surface area contributed by atoms with Crippen molar-refractivity contribution in [2.45, 2.75) is 52.1 Å². The van der Waals surface area contributed by atoms with Gasteiger partial charge in [-0.05, 0) is 45.6 Å². The lowest BCUT2D eigenvalue weighted by molar-refractivity contribution is -0.132. The summed E-state index contributed by atoms with van der Waals surface area (Å²) in [7, 11) is 1.56. The zero-order valence-corrected chi connectivity index (χ0v) is 18.6. The van der Waals surface area contributed by atoms with Crippen molar-refractivity contribution >= 4 is 16.9 Å². The summed E-state index contributed by atoms with van der Waals surface area (Å²) in [4.78, 5) is 26.7. The fourth-order valence-corrected chi connectivity index (χ4v) is 4.12. The third-order valence-electron chi connectivity index (χ3n) is 5.84. The molecule has 8 heteroatoms. The molecule has 8 nitrogen and oxygen atoms in total. The van der Waals surface area contributed by atoms with E-state index >= 15 is 0 Å². The number of hydrogen-bond donors (Lipinski definition) is 2. The van der Waals surface area contributed by atoms with Crippen molar-refractivity contribution in [1.82, 2.24) is 4.90 Å². The molecule has 2 N–H and O–H groups in total. The molecule has 0 saturated carbocycles. The number of amides is 1. The summed E-state index contributed by atoms with van der Waals surface area (Å²) in [5.41, 5.74) is 1.69. The molecule has 1 amide bonds. The molecule has 1 aromatic heterocycles. The minimum Gasteiger partial charge on any atom is -0.496 e. The fraction of sp³-hybridized carbons (Fsp3) is 0.565. The van der Waals surface area contributed by atoms with Crippen LogP contribution >= 0.6 is 0 Å². The van der Waals surface area contributed by atoms with Crippen LogP contribution in [0.15, 0.2) is 15.3 Å². The molecule has 0 unspecified atom stereocenters. The van der Waals surface area contributed by atoms with Gasteiger partial charge in [-0.1, -0.05) is 0 Å². The third-order valence-corrected chi connectivity index (χ3v) is 5.84. The summed E-state index contributed by atoms with van der Waals surface area (Å²) in [6.07, 6.45) is 1.79. The number of methoxy groups -OCH3 is 1. The molecule has 1 aliphatic rings. The van der Waals surface area contributed by atoms with Gasteiger partial charge in [0.1, 0.15) is 22.7 Å². The highest BCUT2D eigenvalue weighted by molar-refractivity contribution is 5.92. The molecule has 0 saturated heterocycles. The van der Waals surface area contributed by atoms with Gasteiger partial charge in [0.25, 0.3) is 0 Å². The molecule has 0 radical (unpaired) electrons. The van der Waals surface area contributed by atoms with Gasteiger partial charge >= 0.3 is 5.63 Å². The molecule has 3 rings (SSSR count). The van der Waals surface area contributed by atoms with Gasteiger partial charge in [-0.15, -0.1) is 0 Å². The second-order valence-electron chi connectivity index (χ2n) is 8.44. The van der Waals surface area contributed by atoms with Crippen LogP contribution in [0.4, 0.5) is 0 Å². The molecule has 1 aromatic carbocycles. The Kier molecular flexibility index (Phi) is 6.91. The molecule has 0 bridgehead atoms. The van der Waals surface area contributed by atoms with Crippen LogP contribution in [-0.2, 0) is 17.6 Å². The zero-order chi connectivity index (χ0) is 22.8. The first-order chi connectivity index (χ1) is 14.7. The maximum Gasteiger partial charge on any atom is 0.339 e. The van der Waals surface area contributed by atoms with Crippen molar-refractivity contribution in [2.24, 2.45) is 0 Å². The lowest BCUT2D eigenvalue weighted by atomic mass is 9.91. The van der Waals surface area contributed by atoms with Gasteiger partial charge in [0, 0.05) is 36.7 Å². The Morgan fingerprint density at radius 2 is 1.94 bits per heavy atom. The van der Waals surface area contributed by atoms with E-state index in [1.165, 1.54) is 4.90 Å². The predicted octanol–water partition coefficient (Wildman–Crippen LogP) is 1.96. The molecular formula is C23H31NO7. The number of nitrogens with zero attached hydrogens (tertiary/aromatic N) is 1. The number of aliphatic hydroxyl groups excluding tert-OH is 2. The summed E-state index contributed by atoms with van der Waals surface area (Å²) in [6, 6.07) is 1.84. The summed E-state index contributed by atoms with van der Waals surface area (Å²) in [5.74, 6) is 0.979. The highest BCUT2D eigenvalue weighted by Gasteiger charge is 2.31. The van der Waals surface area contributed by atoms with Crippen LogP contribution in [0.25, 0.3) is 11.0 Å². The van der Waals surface area contributed by atoms with Gasteiger partial charge in [-0.2, -0.15) is 0 Å². The number of aliphatic hydroxyl groups is 2. The Labute approximate surface area is 181 Å². The summed E-state index contributed by atoms with van der Waals surface area (Å²) >= 11 is 0. The van der Waals surface area contributed by atoms with Gasteiger partial charge < -0.3 is 29.0 Å². The van der Waals surface area contributed by atoms with Gasteiger partial charge in [0.05, 0.1) is 25.7 Å². The monoisotopic (exact) mass is 433 g/mol. The number of carbonyl (C=O) groups excluding carboxylic acids is 1. The largest absolute Gasteiger partial charge is 0.496 e. The number of carbonyl (C=O) groups is 1. The molecule has 2 heterocycles. The average molecular weight is 434 g/mol. The van der Waals surface area contributed by atoms with Crippen LogP contribution in [0.1, 0.15) is 43.4 Å². The van der Waals surface area contributed by atoms with Crippen molar-refractivity contribution in [1.29, 1.82) is 0 Å². The number of ether oxygens (including phenoxy) is 2.